The summed E-state index contributed by atoms with van der Waals surface area (Å²) in [4.78, 5) is 12.1. The minimum absolute atomic E-state index is 0.0612. The highest BCUT2D eigenvalue weighted by Crippen LogP contribution is 2.35. The Bertz CT molecular complexity index is 787. The second-order valence-corrected chi connectivity index (χ2v) is 7.72. The van der Waals surface area contributed by atoms with E-state index in [1.807, 2.05) is 18.2 Å². The third kappa shape index (κ3) is 5.14. The summed E-state index contributed by atoms with van der Waals surface area (Å²) in [5, 5.41) is 2.89. The van der Waals surface area contributed by atoms with Crippen LogP contribution >= 0.6 is 27.7 Å². The SMILES string of the molecule is O=C(Cc1cc2c(cc1Br)OCCO2)NCCSCc1ccccc1F. The standard InChI is InChI=1S/C19H19BrFNO3S/c20-15-11-18-17(24-6-7-25-18)9-14(15)10-19(23)22-5-8-26-12-13-3-1-2-4-16(13)21/h1-4,9,11H,5-8,10,12H2,(H,22,23). The monoisotopic (exact) mass is 439 g/mol. The van der Waals surface area contributed by atoms with Crippen LogP contribution in [0.4, 0.5) is 4.39 Å². The molecule has 0 bridgehead atoms. The van der Waals surface area contributed by atoms with Crippen molar-refractivity contribution in [3.63, 3.8) is 0 Å². The van der Waals surface area contributed by atoms with Gasteiger partial charge in [0.1, 0.15) is 19.0 Å². The van der Waals surface area contributed by atoms with Crippen molar-refractivity contribution in [2.75, 3.05) is 25.5 Å². The van der Waals surface area contributed by atoms with Gasteiger partial charge in [0, 0.05) is 22.5 Å². The number of halogens is 2. The van der Waals surface area contributed by atoms with Gasteiger partial charge in [-0.15, -0.1) is 0 Å². The van der Waals surface area contributed by atoms with Gasteiger partial charge in [0.25, 0.3) is 0 Å². The molecule has 0 saturated heterocycles. The number of carbonyl (C=O) groups excluding carboxylic acids is 1. The van der Waals surface area contributed by atoms with Crippen molar-refractivity contribution < 1.29 is 18.7 Å². The molecule has 26 heavy (non-hydrogen) atoms. The van der Waals surface area contributed by atoms with E-state index in [0.717, 1.165) is 15.8 Å². The molecule has 0 fully saturated rings. The summed E-state index contributed by atoms with van der Waals surface area (Å²) >= 11 is 5.06. The van der Waals surface area contributed by atoms with E-state index in [1.54, 1.807) is 23.9 Å². The highest BCUT2D eigenvalue weighted by Gasteiger charge is 2.16. The number of hydrogen-bond acceptors (Lipinski definition) is 4. The van der Waals surface area contributed by atoms with E-state index in [2.05, 4.69) is 21.2 Å². The summed E-state index contributed by atoms with van der Waals surface area (Å²) in [6, 6.07) is 10.4. The topological polar surface area (TPSA) is 47.6 Å². The predicted molar refractivity (Wildman–Crippen MR) is 104 cm³/mol. The van der Waals surface area contributed by atoms with Crippen molar-refractivity contribution in [1.29, 1.82) is 0 Å². The largest absolute Gasteiger partial charge is 0.486 e. The number of thioether (sulfide) groups is 1. The first kappa shape index (κ1) is 19.0. The number of fused-ring (bicyclic) bond motifs is 1. The molecule has 0 atom stereocenters. The second-order valence-electron chi connectivity index (χ2n) is 5.76. The highest BCUT2D eigenvalue weighted by molar-refractivity contribution is 9.10. The Morgan fingerprint density at radius 1 is 1.15 bits per heavy atom. The first-order chi connectivity index (χ1) is 12.6. The smallest absolute Gasteiger partial charge is 0.224 e. The Balaban J connectivity index is 1.42. The lowest BCUT2D eigenvalue weighted by molar-refractivity contribution is -0.120. The van der Waals surface area contributed by atoms with Crippen LogP contribution in [-0.2, 0) is 17.0 Å². The Morgan fingerprint density at radius 3 is 2.65 bits per heavy atom. The maximum absolute atomic E-state index is 13.5. The van der Waals surface area contributed by atoms with Crippen molar-refractivity contribution in [3.8, 4) is 11.5 Å². The van der Waals surface area contributed by atoms with Gasteiger partial charge >= 0.3 is 0 Å². The van der Waals surface area contributed by atoms with Crippen LogP contribution < -0.4 is 14.8 Å². The fourth-order valence-electron chi connectivity index (χ4n) is 2.54. The van der Waals surface area contributed by atoms with E-state index >= 15 is 0 Å². The third-order valence-electron chi connectivity index (χ3n) is 3.85. The lowest BCUT2D eigenvalue weighted by Crippen LogP contribution is -2.27. The lowest BCUT2D eigenvalue weighted by Gasteiger charge is -2.19. The van der Waals surface area contributed by atoms with E-state index in [1.165, 1.54) is 6.07 Å². The van der Waals surface area contributed by atoms with Crippen LogP contribution in [0.1, 0.15) is 11.1 Å². The first-order valence-corrected chi connectivity index (χ1v) is 10.2. The summed E-state index contributed by atoms with van der Waals surface area (Å²) in [7, 11) is 0. The molecule has 0 aliphatic carbocycles. The van der Waals surface area contributed by atoms with Crippen molar-refractivity contribution in [2.24, 2.45) is 0 Å². The van der Waals surface area contributed by atoms with E-state index < -0.39 is 0 Å². The number of rotatable bonds is 7. The fourth-order valence-corrected chi connectivity index (χ4v) is 3.84. The summed E-state index contributed by atoms with van der Waals surface area (Å²) in [6.45, 7) is 1.59. The molecule has 0 radical (unpaired) electrons. The zero-order chi connectivity index (χ0) is 18.4. The summed E-state index contributed by atoms with van der Waals surface area (Å²) in [6.07, 6.45) is 0.259. The first-order valence-electron chi connectivity index (χ1n) is 8.29. The Morgan fingerprint density at radius 2 is 1.88 bits per heavy atom. The minimum Gasteiger partial charge on any atom is -0.486 e. The van der Waals surface area contributed by atoms with E-state index in [4.69, 9.17) is 9.47 Å². The van der Waals surface area contributed by atoms with Gasteiger partial charge in [-0.2, -0.15) is 11.8 Å². The normalized spacial score (nSPS) is 12.7. The molecule has 7 heteroatoms. The van der Waals surface area contributed by atoms with Gasteiger partial charge in [-0.3, -0.25) is 4.79 Å². The number of nitrogens with one attached hydrogen (secondary N) is 1. The van der Waals surface area contributed by atoms with Gasteiger partial charge in [0.15, 0.2) is 11.5 Å². The average molecular weight is 440 g/mol. The van der Waals surface area contributed by atoms with E-state index in [0.29, 0.717) is 42.6 Å². The molecule has 1 amide bonds. The molecule has 1 heterocycles. The summed E-state index contributed by atoms with van der Waals surface area (Å²) in [5.74, 6) is 2.43. The van der Waals surface area contributed by atoms with Crippen LogP contribution in [0.25, 0.3) is 0 Å². The molecular weight excluding hydrogens is 421 g/mol. The molecular formula is C19H19BrFNO3S. The summed E-state index contributed by atoms with van der Waals surface area (Å²) < 4.78 is 25.4. The van der Waals surface area contributed by atoms with Gasteiger partial charge in [-0.1, -0.05) is 34.1 Å². The highest BCUT2D eigenvalue weighted by atomic mass is 79.9. The van der Waals surface area contributed by atoms with Crippen LogP contribution in [-0.4, -0.2) is 31.4 Å². The maximum atomic E-state index is 13.5. The lowest BCUT2D eigenvalue weighted by atomic mass is 10.1. The Labute approximate surface area is 164 Å². The van der Waals surface area contributed by atoms with Crippen molar-refractivity contribution in [3.05, 3.63) is 57.8 Å². The zero-order valence-electron chi connectivity index (χ0n) is 14.1. The van der Waals surface area contributed by atoms with Crippen molar-refractivity contribution in [2.45, 2.75) is 12.2 Å². The molecule has 2 aromatic carbocycles. The quantitative estimate of drug-likeness (QED) is 0.663. The number of amides is 1. The molecule has 138 valence electrons. The van der Waals surface area contributed by atoms with Crippen LogP contribution in [0, 0.1) is 5.82 Å². The Kier molecular flexibility index (Phi) is 6.80. The third-order valence-corrected chi connectivity index (χ3v) is 5.59. The zero-order valence-corrected chi connectivity index (χ0v) is 16.5. The van der Waals surface area contributed by atoms with E-state index in [9.17, 15) is 9.18 Å². The van der Waals surface area contributed by atoms with Gasteiger partial charge in [-0.05, 0) is 29.3 Å². The molecule has 0 aromatic heterocycles. The maximum Gasteiger partial charge on any atom is 0.224 e. The molecule has 0 unspecified atom stereocenters. The summed E-state index contributed by atoms with van der Waals surface area (Å²) in [5.41, 5.74) is 1.54. The van der Waals surface area contributed by atoms with Gasteiger partial charge in [0.05, 0.1) is 6.42 Å². The number of hydrogen-bond donors (Lipinski definition) is 1. The molecule has 2 aromatic rings. The fraction of sp³-hybridized carbons (Fsp3) is 0.316. The number of carbonyl (C=O) groups is 1. The van der Waals surface area contributed by atoms with Gasteiger partial charge in [0.2, 0.25) is 5.91 Å². The second kappa shape index (κ2) is 9.28. The van der Waals surface area contributed by atoms with Crippen LogP contribution in [0.5, 0.6) is 11.5 Å². The minimum atomic E-state index is -0.188. The molecule has 3 rings (SSSR count). The molecule has 0 spiro atoms. The molecule has 1 N–H and O–H groups in total. The van der Waals surface area contributed by atoms with Crippen LogP contribution in [0.3, 0.4) is 0 Å². The van der Waals surface area contributed by atoms with Gasteiger partial charge < -0.3 is 14.8 Å². The van der Waals surface area contributed by atoms with Crippen LogP contribution in [0.15, 0.2) is 40.9 Å². The van der Waals surface area contributed by atoms with Crippen LogP contribution in [0.2, 0.25) is 0 Å². The van der Waals surface area contributed by atoms with E-state index in [-0.39, 0.29) is 18.1 Å². The van der Waals surface area contributed by atoms with Crippen molar-refractivity contribution >= 4 is 33.6 Å². The molecule has 1 aliphatic heterocycles. The predicted octanol–water partition coefficient (Wildman–Crippen LogP) is 3.95. The number of benzene rings is 2. The Hall–Kier alpha value is -1.73. The number of ether oxygens (including phenoxy) is 2. The molecule has 1 aliphatic rings. The molecule has 0 saturated carbocycles. The van der Waals surface area contributed by atoms with Crippen molar-refractivity contribution in [1.82, 2.24) is 5.32 Å². The average Bonchev–Trinajstić information content (AvgIpc) is 2.63. The van der Waals surface area contributed by atoms with Gasteiger partial charge in [-0.25, -0.2) is 4.39 Å². The molecule has 4 nitrogen and oxygen atoms in total.